The first-order chi connectivity index (χ1) is 12.2. The summed E-state index contributed by atoms with van der Waals surface area (Å²) in [6.45, 7) is 9.63. The standard InChI is InChI=1S/C19H22N4O2S/c1-12-13(2)15(4)19(16(5)14(12)3)26(24,25)22-17-7-8-18(20-11-17)23-10-6-9-21-23/h6-11,22H,1-5H3. The Bertz CT molecular complexity index is 1020. The van der Waals surface area contributed by atoms with Crippen molar-refractivity contribution in [1.29, 1.82) is 0 Å². The third-order valence-corrected chi connectivity index (χ3v) is 6.59. The minimum absolute atomic E-state index is 0.342. The van der Waals surface area contributed by atoms with Crippen LogP contribution in [0.1, 0.15) is 27.8 Å². The summed E-state index contributed by atoms with van der Waals surface area (Å²) < 4.78 is 30.3. The minimum atomic E-state index is -3.72. The SMILES string of the molecule is Cc1c(C)c(C)c(S(=O)(=O)Nc2ccc(-n3cccn3)nc2)c(C)c1C. The fourth-order valence-electron chi connectivity index (χ4n) is 3.06. The number of anilines is 1. The third kappa shape index (κ3) is 3.10. The molecule has 0 saturated heterocycles. The van der Waals surface area contributed by atoms with Gasteiger partial charge in [0.2, 0.25) is 0 Å². The molecule has 2 aromatic heterocycles. The first-order valence-corrected chi connectivity index (χ1v) is 9.76. The molecule has 1 aromatic carbocycles. The van der Waals surface area contributed by atoms with E-state index in [4.69, 9.17) is 0 Å². The van der Waals surface area contributed by atoms with Gasteiger partial charge in [-0.05, 0) is 80.6 Å². The van der Waals surface area contributed by atoms with Crippen molar-refractivity contribution in [2.75, 3.05) is 4.72 Å². The van der Waals surface area contributed by atoms with Crippen LogP contribution in [0.2, 0.25) is 0 Å². The molecule has 0 amide bonds. The number of nitrogens with one attached hydrogen (secondary N) is 1. The largest absolute Gasteiger partial charge is 0.278 e. The smallest absolute Gasteiger partial charge is 0.262 e. The monoisotopic (exact) mass is 370 g/mol. The predicted octanol–water partition coefficient (Wildman–Crippen LogP) is 3.61. The molecule has 1 N–H and O–H groups in total. The number of sulfonamides is 1. The zero-order valence-corrected chi connectivity index (χ0v) is 16.3. The van der Waals surface area contributed by atoms with Crippen molar-refractivity contribution < 1.29 is 8.42 Å². The molecule has 136 valence electrons. The Kier molecular flexibility index (Phi) is 4.58. The highest BCUT2D eigenvalue weighted by atomic mass is 32.2. The van der Waals surface area contributed by atoms with E-state index in [1.807, 2.05) is 34.6 Å². The maximum absolute atomic E-state index is 13.0. The highest BCUT2D eigenvalue weighted by Gasteiger charge is 2.23. The van der Waals surface area contributed by atoms with Crippen molar-refractivity contribution in [2.45, 2.75) is 39.5 Å². The number of aromatic nitrogens is 3. The van der Waals surface area contributed by atoms with Crippen molar-refractivity contribution in [3.05, 3.63) is 64.6 Å². The van der Waals surface area contributed by atoms with Crippen LogP contribution in [0, 0.1) is 34.6 Å². The second-order valence-corrected chi connectivity index (χ2v) is 8.03. The molecule has 0 aliphatic carbocycles. The molecule has 6 nitrogen and oxygen atoms in total. The summed E-state index contributed by atoms with van der Waals surface area (Å²) in [5.74, 6) is 0.618. The summed E-state index contributed by atoms with van der Waals surface area (Å²) in [7, 11) is -3.72. The van der Waals surface area contributed by atoms with Crippen LogP contribution in [0.15, 0.2) is 41.7 Å². The normalized spacial score (nSPS) is 11.6. The van der Waals surface area contributed by atoms with Gasteiger partial charge in [-0.15, -0.1) is 0 Å². The van der Waals surface area contributed by atoms with Crippen LogP contribution in [0.5, 0.6) is 0 Å². The van der Waals surface area contributed by atoms with E-state index in [1.54, 1.807) is 35.3 Å². The maximum atomic E-state index is 13.0. The van der Waals surface area contributed by atoms with Crippen LogP contribution in [-0.4, -0.2) is 23.2 Å². The van der Waals surface area contributed by atoms with Gasteiger partial charge in [-0.25, -0.2) is 18.1 Å². The third-order valence-electron chi connectivity index (χ3n) is 4.94. The first-order valence-electron chi connectivity index (χ1n) is 8.28. The molecule has 2 heterocycles. The molecule has 0 atom stereocenters. The average molecular weight is 370 g/mol. The van der Waals surface area contributed by atoms with E-state index in [-0.39, 0.29) is 0 Å². The number of nitrogens with zero attached hydrogens (tertiary/aromatic N) is 3. The van der Waals surface area contributed by atoms with Gasteiger partial charge >= 0.3 is 0 Å². The molecule has 0 fully saturated rings. The van der Waals surface area contributed by atoms with Gasteiger partial charge in [0, 0.05) is 12.4 Å². The van der Waals surface area contributed by atoms with Crippen molar-refractivity contribution >= 4 is 15.7 Å². The average Bonchev–Trinajstić information content (AvgIpc) is 3.13. The van der Waals surface area contributed by atoms with Crippen LogP contribution >= 0.6 is 0 Å². The molecule has 0 bridgehead atoms. The summed E-state index contributed by atoms with van der Waals surface area (Å²) in [6, 6.07) is 5.20. The Morgan fingerprint density at radius 3 is 2.04 bits per heavy atom. The Morgan fingerprint density at radius 1 is 0.923 bits per heavy atom. The highest BCUT2D eigenvalue weighted by Crippen LogP contribution is 2.30. The van der Waals surface area contributed by atoms with E-state index >= 15 is 0 Å². The number of pyridine rings is 1. The zero-order chi connectivity index (χ0) is 19.1. The first kappa shape index (κ1) is 18.1. The fourth-order valence-corrected chi connectivity index (χ4v) is 4.71. The second kappa shape index (κ2) is 6.57. The number of hydrogen-bond acceptors (Lipinski definition) is 4. The van der Waals surface area contributed by atoms with Crippen molar-refractivity contribution in [2.24, 2.45) is 0 Å². The Hall–Kier alpha value is -2.67. The maximum Gasteiger partial charge on any atom is 0.262 e. The Balaban J connectivity index is 1.98. The van der Waals surface area contributed by atoms with Crippen LogP contribution in [-0.2, 0) is 10.0 Å². The second-order valence-electron chi connectivity index (χ2n) is 6.42. The van der Waals surface area contributed by atoms with Crippen molar-refractivity contribution in [3.8, 4) is 5.82 Å². The van der Waals surface area contributed by atoms with E-state index in [0.717, 1.165) is 27.8 Å². The van der Waals surface area contributed by atoms with E-state index in [2.05, 4.69) is 14.8 Å². The summed E-state index contributed by atoms with van der Waals surface area (Å²) in [6.07, 6.45) is 4.93. The van der Waals surface area contributed by atoms with Crippen LogP contribution in [0.4, 0.5) is 5.69 Å². The lowest BCUT2D eigenvalue weighted by atomic mass is 9.95. The lowest BCUT2D eigenvalue weighted by Gasteiger charge is -2.19. The molecule has 0 aliphatic heterocycles. The van der Waals surface area contributed by atoms with Crippen LogP contribution in [0.25, 0.3) is 5.82 Å². The van der Waals surface area contributed by atoms with Gasteiger partial charge in [0.25, 0.3) is 10.0 Å². The van der Waals surface area contributed by atoms with Gasteiger partial charge in [-0.1, -0.05) is 0 Å². The van der Waals surface area contributed by atoms with Gasteiger partial charge in [-0.2, -0.15) is 5.10 Å². The topological polar surface area (TPSA) is 76.9 Å². The zero-order valence-electron chi connectivity index (χ0n) is 15.5. The molecule has 0 saturated carbocycles. The molecular weight excluding hydrogens is 348 g/mol. The molecule has 26 heavy (non-hydrogen) atoms. The Morgan fingerprint density at radius 2 is 1.54 bits per heavy atom. The lowest BCUT2D eigenvalue weighted by Crippen LogP contribution is -2.18. The van der Waals surface area contributed by atoms with Crippen LogP contribution < -0.4 is 4.72 Å². The molecule has 3 aromatic rings. The minimum Gasteiger partial charge on any atom is -0.278 e. The van der Waals surface area contributed by atoms with Gasteiger partial charge in [0.05, 0.1) is 16.8 Å². The lowest BCUT2D eigenvalue weighted by molar-refractivity contribution is 0.599. The van der Waals surface area contributed by atoms with Crippen molar-refractivity contribution in [1.82, 2.24) is 14.8 Å². The Labute approximate surface area is 154 Å². The van der Waals surface area contributed by atoms with Crippen LogP contribution in [0.3, 0.4) is 0 Å². The van der Waals surface area contributed by atoms with Gasteiger partial charge in [0.1, 0.15) is 0 Å². The number of hydrogen-bond donors (Lipinski definition) is 1. The summed E-state index contributed by atoms with van der Waals surface area (Å²) >= 11 is 0. The summed E-state index contributed by atoms with van der Waals surface area (Å²) in [5, 5.41) is 4.10. The molecule has 0 aliphatic rings. The number of benzene rings is 1. The summed E-state index contributed by atoms with van der Waals surface area (Å²) in [4.78, 5) is 4.61. The van der Waals surface area contributed by atoms with Gasteiger partial charge < -0.3 is 0 Å². The molecule has 0 radical (unpaired) electrons. The predicted molar refractivity (Wildman–Crippen MR) is 102 cm³/mol. The van der Waals surface area contributed by atoms with Gasteiger partial charge in [0.15, 0.2) is 5.82 Å². The van der Waals surface area contributed by atoms with E-state index < -0.39 is 10.0 Å². The molecule has 3 rings (SSSR count). The molecule has 0 spiro atoms. The number of rotatable bonds is 4. The molecule has 0 unspecified atom stereocenters. The van der Waals surface area contributed by atoms with Gasteiger partial charge in [-0.3, -0.25) is 4.72 Å². The van der Waals surface area contributed by atoms with Crippen molar-refractivity contribution in [3.63, 3.8) is 0 Å². The molecular formula is C19H22N4O2S. The highest BCUT2D eigenvalue weighted by molar-refractivity contribution is 7.92. The summed E-state index contributed by atoms with van der Waals surface area (Å²) in [5.41, 5.74) is 5.10. The quantitative estimate of drug-likeness (QED) is 0.761. The molecule has 7 heteroatoms. The van der Waals surface area contributed by atoms with E-state index in [9.17, 15) is 8.42 Å². The van der Waals surface area contributed by atoms with E-state index in [1.165, 1.54) is 6.20 Å². The fraction of sp³-hybridized carbons (Fsp3) is 0.263. The van der Waals surface area contributed by atoms with E-state index in [0.29, 0.717) is 16.4 Å².